The van der Waals surface area contributed by atoms with Crippen molar-refractivity contribution >= 4 is 32.4 Å². The standard InChI is InChI=1S/C18H22FN3O3S2/c1-12-16(17(23)20-11-13-5-3-2-4-6-13)26-18(21-12)22-27(24,25)15-9-7-14(19)8-10-15/h7-10,13H,2-6,11H2,1H3,(H,20,23)(H,21,22). The highest BCUT2D eigenvalue weighted by Gasteiger charge is 2.21. The molecule has 6 nitrogen and oxygen atoms in total. The Morgan fingerprint density at radius 3 is 2.56 bits per heavy atom. The minimum Gasteiger partial charge on any atom is -0.351 e. The molecule has 1 heterocycles. The van der Waals surface area contributed by atoms with Gasteiger partial charge in [-0.15, -0.1) is 0 Å². The first-order chi connectivity index (χ1) is 12.8. The van der Waals surface area contributed by atoms with E-state index in [0.29, 0.717) is 23.0 Å². The molecule has 0 aliphatic heterocycles. The van der Waals surface area contributed by atoms with Gasteiger partial charge in [-0.3, -0.25) is 9.52 Å². The molecule has 9 heteroatoms. The van der Waals surface area contributed by atoms with Crippen LogP contribution in [-0.4, -0.2) is 25.9 Å². The molecule has 0 atom stereocenters. The van der Waals surface area contributed by atoms with Crippen molar-refractivity contribution in [3.63, 3.8) is 0 Å². The summed E-state index contributed by atoms with van der Waals surface area (Å²) in [6.45, 7) is 2.30. The third-order valence-corrected chi connectivity index (χ3v) is 7.18. The molecule has 1 aliphatic carbocycles. The first-order valence-corrected chi connectivity index (χ1v) is 11.2. The number of thiazole rings is 1. The number of hydrogen-bond donors (Lipinski definition) is 2. The van der Waals surface area contributed by atoms with Gasteiger partial charge in [0.25, 0.3) is 15.9 Å². The maximum absolute atomic E-state index is 13.0. The van der Waals surface area contributed by atoms with Gasteiger partial charge >= 0.3 is 0 Å². The van der Waals surface area contributed by atoms with E-state index >= 15 is 0 Å². The predicted molar refractivity (Wildman–Crippen MR) is 103 cm³/mol. The Kier molecular flexibility index (Phi) is 6.11. The molecule has 0 spiro atoms. The van der Waals surface area contributed by atoms with Crippen molar-refractivity contribution in [3.05, 3.63) is 40.7 Å². The van der Waals surface area contributed by atoms with Crippen LogP contribution in [0.15, 0.2) is 29.2 Å². The Labute approximate surface area is 162 Å². The predicted octanol–water partition coefficient (Wildman–Crippen LogP) is 3.70. The number of aromatic nitrogens is 1. The number of sulfonamides is 1. The van der Waals surface area contributed by atoms with E-state index in [9.17, 15) is 17.6 Å². The molecule has 146 valence electrons. The van der Waals surface area contributed by atoms with Crippen molar-refractivity contribution in [2.24, 2.45) is 5.92 Å². The van der Waals surface area contributed by atoms with E-state index in [1.807, 2.05) is 0 Å². The molecule has 1 aromatic carbocycles. The van der Waals surface area contributed by atoms with E-state index in [-0.39, 0.29) is 15.9 Å². The van der Waals surface area contributed by atoms with Gasteiger partial charge in [0.05, 0.1) is 10.6 Å². The van der Waals surface area contributed by atoms with E-state index < -0.39 is 15.8 Å². The normalized spacial score (nSPS) is 15.5. The number of aryl methyl sites for hydroxylation is 1. The lowest BCUT2D eigenvalue weighted by Gasteiger charge is -2.21. The summed E-state index contributed by atoms with van der Waals surface area (Å²) in [7, 11) is -3.89. The van der Waals surface area contributed by atoms with Crippen molar-refractivity contribution in [2.75, 3.05) is 11.3 Å². The topological polar surface area (TPSA) is 88.2 Å². The Balaban J connectivity index is 1.66. The second kappa shape index (κ2) is 8.35. The van der Waals surface area contributed by atoms with Gasteiger partial charge in [-0.05, 0) is 49.9 Å². The fourth-order valence-electron chi connectivity index (χ4n) is 3.15. The number of rotatable bonds is 6. The van der Waals surface area contributed by atoms with Crippen LogP contribution in [0.5, 0.6) is 0 Å². The van der Waals surface area contributed by atoms with Gasteiger partial charge < -0.3 is 5.32 Å². The number of anilines is 1. The Morgan fingerprint density at radius 2 is 1.89 bits per heavy atom. The molecule has 1 aliphatic rings. The lowest BCUT2D eigenvalue weighted by atomic mass is 9.89. The third kappa shape index (κ3) is 5.04. The summed E-state index contributed by atoms with van der Waals surface area (Å²) >= 11 is 0.991. The molecule has 0 saturated heterocycles. The molecule has 0 bridgehead atoms. The van der Waals surface area contributed by atoms with Gasteiger partial charge in [-0.2, -0.15) is 0 Å². The van der Waals surface area contributed by atoms with Crippen molar-refractivity contribution in [1.82, 2.24) is 10.3 Å². The highest BCUT2D eigenvalue weighted by Crippen LogP contribution is 2.26. The molecule has 1 amide bonds. The molecule has 2 aromatic rings. The van der Waals surface area contributed by atoms with Gasteiger partial charge in [0, 0.05) is 6.54 Å². The number of amides is 1. The number of nitrogens with one attached hydrogen (secondary N) is 2. The molecule has 0 unspecified atom stereocenters. The number of carbonyl (C=O) groups excluding carboxylic acids is 1. The Hall–Kier alpha value is -2.00. The van der Waals surface area contributed by atoms with Gasteiger partial charge in [0.2, 0.25) is 0 Å². The molecule has 2 N–H and O–H groups in total. The summed E-state index contributed by atoms with van der Waals surface area (Å²) in [4.78, 5) is 16.9. The number of carbonyl (C=O) groups is 1. The minimum atomic E-state index is -3.89. The van der Waals surface area contributed by atoms with Crippen LogP contribution < -0.4 is 10.0 Å². The summed E-state index contributed by atoms with van der Waals surface area (Å²) < 4.78 is 40.1. The van der Waals surface area contributed by atoms with Crippen molar-refractivity contribution in [1.29, 1.82) is 0 Å². The van der Waals surface area contributed by atoms with Crippen LogP contribution in [-0.2, 0) is 10.0 Å². The number of hydrogen-bond acceptors (Lipinski definition) is 5. The SMILES string of the molecule is Cc1nc(NS(=O)(=O)c2ccc(F)cc2)sc1C(=O)NCC1CCCCC1. The first kappa shape index (κ1) is 19.8. The molecule has 3 rings (SSSR count). The average Bonchev–Trinajstić information content (AvgIpc) is 3.00. The minimum absolute atomic E-state index is 0.0694. The molecular formula is C18H22FN3O3S2. The van der Waals surface area contributed by atoms with Crippen LogP contribution in [0.1, 0.15) is 47.5 Å². The number of nitrogens with zero attached hydrogens (tertiary/aromatic N) is 1. The molecule has 27 heavy (non-hydrogen) atoms. The van der Waals surface area contributed by atoms with E-state index in [1.165, 1.54) is 31.4 Å². The molecule has 1 fully saturated rings. The van der Waals surface area contributed by atoms with Gasteiger partial charge in [-0.25, -0.2) is 17.8 Å². The number of benzene rings is 1. The molecule has 0 radical (unpaired) electrons. The van der Waals surface area contributed by atoms with Gasteiger partial charge in [-0.1, -0.05) is 30.6 Å². The van der Waals surface area contributed by atoms with Crippen LogP contribution in [0.2, 0.25) is 0 Å². The average molecular weight is 412 g/mol. The Morgan fingerprint density at radius 1 is 1.22 bits per heavy atom. The molecule has 1 saturated carbocycles. The largest absolute Gasteiger partial charge is 0.351 e. The van der Waals surface area contributed by atoms with E-state index in [4.69, 9.17) is 0 Å². The molecular weight excluding hydrogens is 389 g/mol. The maximum Gasteiger partial charge on any atom is 0.263 e. The van der Waals surface area contributed by atoms with Crippen LogP contribution >= 0.6 is 11.3 Å². The first-order valence-electron chi connectivity index (χ1n) is 8.89. The fourth-order valence-corrected chi connectivity index (χ4v) is 5.26. The summed E-state index contributed by atoms with van der Waals surface area (Å²) in [5.74, 6) is -0.244. The number of halogens is 1. The van der Waals surface area contributed by atoms with Crippen LogP contribution in [0.3, 0.4) is 0 Å². The highest BCUT2D eigenvalue weighted by atomic mass is 32.2. The fraction of sp³-hybridized carbons (Fsp3) is 0.444. The van der Waals surface area contributed by atoms with Gasteiger partial charge in [0.15, 0.2) is 5.13 Å². The second-order valence-electron chi connectivity index (χ2n) is 6.71. The zero-order chi connectivity index (χ0) is 19.4. The van der Waals surface area contributed by atoms with Gasteiger partial charge in [0.1, 0.15) is 10.7 Å². The van der Waals surface area contributed by atoms with E-state index in [0.717, 1.165) is 36.3 Å². The summed E-state index contributed by atoms with van der Waals surface area (Å²) in [5, 5.41) is 3.05. The third-order valence-electron chi connectivity index (χ3n) is 4.62. The summed E-state index contributed by atoms with van der Waals surface area (Å²) in [6, 6.07) is 4.50. The quantitative estimate of drug-likeness (QED) is 0.759. The summed E-state index contributed by atoms with van der Waals surface area (Å²) in [6.07, 6.45) is 5.93. The monoisotopic (exact) mass is 411 g/mol. The van der Waals surface area contributed by atoms with Crippen molar-refractivity contribution in [2.45, 2.75) is 43.9 Å². The molecule has 1 aromatic heterocycles. The lowest BCUT2D eigenvalue weighted by Crippen LogP contribution is -2.30. The van der Waals surface area contributed by atoms with Crippen LogP contribution in [0.25, 0.3) is 0 Å². The van der Waals surface area contributed by atoms with Crippen LogP contribution in [0.4, 0.5) is 9.52 Å². The maximum atomic E-state index is 13.0. The highest BCUT2D eigenvalue weighted by molar-refractivity contribution is 7.93. The van der Waals surface area contributed by atoms with E-state index in [2.05, 4.69) is 15.0 Å². The lowest BCUT2D eigenvalue weighted by molar-refractivity contribution is 0.0947. The smallest absolute Gasteiger partial charge is 0.263 e. The summed E-state index contributed by atoms with van der Waals surface area (Å²) in [5.41, 5.74) is 0.470. The zero-order valence-electron chi connectivity index (χ0n) is 15.0. The van der Waals surface area contributed by atoms with Crippen LogP contribution in [0, 0.1) is 18.7 Å². The second-order valence-corrected chi connectivity index (χ2v) is 9.39. The van der Waals surface area contributed by atoms with E-state index in [1.54, 1.807) is 6.92 Å². The Bertz CT molecular complexity index is 904. The zero-order valence-corrected chi connectivity index (χ0v) is 16.6. The van der Waals surface area contributed by atoms with Crippen molar-refractivity contribution < 1.29 is 17.6 Å². The van der Waals surface area contributed by atoms with Crippen molar-refractivity contribution in [3.8, 4) is 0 Å².